The van der Waals surface area contributed by atoms with E-state index in [1.54, 1.807) is 29.5 Å². The Morgan fingerprint density at radius 1 is 1.12 bits per heavy atom. The number of rotatable bonds is 4. The van der Waals surface area contributed by atoms with Crippen LogP contribution in [0.3, 0.4) is 0 Å². The predicted molar refractivity (Wildman–Crippen MR) is 105 cm³/mol. The second-order valence-corrected chi connectivity index (χ2v) is 8.16. The average molecular weight is 370 g/mol. The average Bonchev–Trinajstić information content (AvgIpc) is 3.28. The monoisotopic (exact) mass is 370 g/mol. The number of carbonyl (C=O) groups excluding carboxylic acids is 1. The van der Waals surface area contributed by atoms with Gasteiger partial charge in [-0.15, -0.1) is 11.3 Å². The number of amides is 1. The highest BCUT2D eigenvalue weighted by molar-refractivity contribution is 7.16. The fraction of sp³-hybridized carbons (Fsp3) is 0.381. The van der Waals surface area contributed by atoms with E-state index in [-0.39, 0.29) is 17.8 Å². The molecule has 136 valence electrons. The molecule has 2 aliphatic heterocycles. The van der Waals surface area contributed by atoms with Crippen LogP contribution in [0.25, 0.3) is 16.5 Å². The van der Waals surface area contributed by atoms with Gasteiger partial charge in [0.2, 0.25) is 5.91 Å². The van der Waals surface area contributed by atoms with Crippen molar-refractivity contribution in [2.45, 2.75) is 37.8 Å². The van der Waals surface area contributed by atoms with Gasteiger partial charge >= 0.3 is 0 Å². The lowest BCUT2D eigenvalue weighted by molar-refractivity contribution is -0.117. The van der Waals surface area contributed by atoms with Crippen LogP contribution in [-0.2, 0) is 4.79 Å². The molecule has 2 saturated heterocycles. The molecule has 1 aromatic heterocycles. The number of nitrogens with zero attached hydrogens (tertiary/aromatic N) is 1. The number of carbonyl (C=O) groups is 1. The lowest BCUT2D eigenvalue weighted by Gasteiger charge is -2.32. The Kier molecular flexibility index (Phi) is 5.18. The highest BCUT2D eigenvalue weighted by atomic mass is 32.1. The molecule has 26 heavy (non-hydrogen) atoms. The van der Waals surface area contributed by atoms with E-state index in [1.165, 1.54) is 37.9 Å². The van der Waals surface area contributed by atoms with Crippen LogP contribution in [-0.4, -0.2) is 36.0 Å². The molecule has 2 aliphatic rings. The van der Waals surface area contributed by atoms with Crippen LogP contribution in [0, 0.1) is 5.82 Å². The molecular weight excluding hydrogens is 347 g/mol. The number of nitrogens with one attached hydrogen (secondary N) is 1. The lowest BCUT2D eigenvalue weighted by atomic mass is 9.99. The number of hydrogen-bond acceptors (Lipinski definition) is 3. The first-order valence-electron chi connectivity index (χ1n) is 9.27. The van der Waals surface area contributed by atoms with E-state index in [9.17, 15) is 9.18 Å². The van der Waals surface area contributed by atoms with Crippen LogP contribution in [0.15, 0.2) is 42.5 Å². The van der Waals surface area contributed by atoms with Gasteiger partial charge in [-0.25, -0.2) is 4.39 Å². The third-order valence-corrected chi connectivity index (χ3v) is 6.44. The number of hydrogen-bond donors (Lipinski definition) is 1. The van der Waals surface area contributed by atoms with E-state index in [0.717, 1.165) is 28.3 Å². The fourth-order valence-electron chi connectivity index (χ4n) is 4.02. The first kappa shape index (κ1) is 17.4. The molecule has 0 bridgehead atoms. The van der Waals surface area contributed by atoms with Gasteiger partial charge in [0.1, 0.15) is 5.82 Å². The molecule has 3 heterocycles. The summed E-state index contributed by atoms with van der Waals surface area (Å²) in [6, 6.07) is 11.3. The molecule has 1 N–H and O–H groups in total. The summed E-state index contributed by atoms with van der Waals surface area (Å²) >= 11 is 1.60. The highest BCUT2D eigenvalue weighted by Crippen LogP contribution is 2.29. The van der Waals surface area contributed by atoms with E-state index in [4.69, 9.17) is 0 Å². The van der Waals surface area contributed by atoms with Crippen molar-refractivity contribution in [2.75, 3.05) is 13.1 Å². The molecule has 3 nitrogen and oxygen atoms in total. The quantitative estimate of drug-likeness (QED) is 0.814. The number of piperidine rings is 1. The van der Waals surface area contributed by atoms with Crippen LogP contribution >= 0.6 is 11.3 Å². The zero-order valence-electron chi connectivity index (χ0n) is 14.7. The Morgan fingerprint density at radius 3 is 2.81 bits per heavy atom. The van der Waals surface area contributed by atoms with Gasteiger partial charge in [0.05, 0.1) is 0 Å². The standard InChI is InChI=1S/C21H23FN2OS/c22-16-6-4-15(5-7-16)20-10-8-17(26-20)9-11-21(25)23-18-12-14-24-13-2-1-3-19(18)24/h4-11,18-19H,1-3,12-14H2,(H,23,25). The van der Waals surface area contributed by atoms with Gasteiger partial charge in [-0.1, -0.05) is 18.6 Å². The summed E-state index contributed by atoms with van der Waals surface area (Å²) < 4.78 is 13.0. The Labute approximate surface area is 157 Å². The van der Waals surface area contributed by atoms with E-state index in [2.05, 4.69) is 10.2 Å². The third kappa shape index (κ3) is 3.89. The molecule has 0 radical (unpaired) electrons. The smallest absolute Gasteiger partial charge is 0.244 e. The summed E-state index contributed by atoms with van der Waals surface area (Å²) in [7, 11) is 0. The number of halogens is 1. The van der Waals surface area contributed by atoms with Crippen molar-refractivity contribution in [3.8, 4) is 10.4 Å². The summed E-state index contributed by atoms with van der Waals surface area (Å²) in [4.78, 5) is 16.9. The molecule has 0 aliphatic carbocycles. The molecule has 0 spiro atoms. The minimum Gasteiger partial charge on any atom is -0.348 e. The number of thiophene rings is 1. The molecule has 2 aromatic rings. The number of benzene rings is 1. The predicted octanol–water partition coefficient (Wildman–Crippen LogP) is 4.31. The summed E-state index contributed by atoms with van der Waals surface area (Å²) in [6.45, 7) is 2.28. The van der Waals surface area contributed by atoms with E-state index in [0.29, 0.717) is 6.04 Å². The van der Waals surface area contributed by atoms with Crippen molar-refractivity contribution in [1.29, 1.82) is 0 Å². The summed E-state index contributed by atoms with van der Waals surface area (Å²) in [5.41, 5.74) is 0.990. The summed E-state index contributed by atoms with van der Waals surface area (Å²) in [6.07, 6.45) is 8.29. The minimum absolute atomic E-state index is 0.0147. The second kappa shape index (κ2) is 7.72. The van der Waals surface area contributed by atoms with Crippen LogP contribution in [0.5, 0.6) is 0 Å². The van der Waals surface area contributed by atoms with Gasteiger partial charge < -0.3 is 5.32 Å². The first-order chi connectivity index (χ1) is 12.7. The van der Waals surface area contributed by atoms with E-state index in [1.807, 2.05) is 18.2 Å². The van der Waals surface area contributed by atoms with Gasteiger partial charge in [0.25, 0.3) is 0 Å². The third-order valence-electron chi connectivity index (χ3n) is 5.34. The van der Waals surface area contributed by atoms with Crippen molar-refractivity contribution in [2.24, 2.45) is 0 Å². The van der Waals surface area contributed by atoms with Gasteiger partial charge in [-0.2, -0.15) is 0 Å². The molecule has 2 atom stereocenters. The Bertz CT molecular complexity index is 799. The molecule has 5 heteroatoms. The van der Waals surface area contributed by atoms with E-state index < -0.39 is 0 Å². The van der Waals surface area contributed by atoms with Gasteiger partial charge in [-0.05, 0) is 61.7 Å². The lowest BCUT2D eigenvalue weighted by Crippen LogP contribution is -2.46. The summed E-state index contributed by atoms with van der Waals surface area (Å²) in [5, 5.41) is 3.19. The van der Waals surface area contributed by atoms with Gasteiger partial charge in [0.15, 0.2) is 0 Å². The molecular formula is C21H23FN2OS. The first-order valence-corrected chi connectivity index (χ1v) is 10.1. The molecule has 0 saturated carbocycles. The highest BCUT2D eigenvalue weighted by Gasteiger charge is 2.35. The zero-order valence-corrected chi connectivity index (χ0v) is 15.5. The van der Waals surface area contributed by atoms with Crippen molar-refractivity contribution in [3.63, 3.8) is 0 Å². The molecule has 2 unspecified atom stereocenters. The molecule has 4 rings (SSSR count). The minimum atomic E-state index is -0.231. The topological polar surface area (TPSA) is 32.3 Å². The fourth-order valence-corrected chi connectivity index (χ4v) is 4.93. The van der Waals surface area contributed by atoms with Crippen LogP contribution < -0.4 is 5.32 Å². The summed E-state index contributed by atoms with van der Waals surface area (Å²) in [5.74, 6) is -0.246. The Hall–Kier alpha value is -1.98. The van der Waals surface area contributed by atoms with Gasteiger partial charge in [-0.3, -0.25) is 9.69 Å². The maximum atomic E-state index is 13.0. The van der Waals surface area contributed by atoms with Crippen molar-refractivity contribution in [3.05, 3.63) is 53.2 Å². The van der Waals surface area contributed by atoms with Crippen LogP contribution in [0.1, 0.15) is 30.6 Å². The zero-order chi connectivity index (χ0) is 17.9. The maximum Gasteiger partial charge on any atom is 0.244 e. The van der Waals surface area contributed by atoms with E-state index >= 15 is 0 Å². The van der Waals surface area contributed by atoms with Gasteiger partial charge in [0, 0.05) is 34.5 Å². The Balaban J connectivity index is 1.36. The SMILES string of the molecule is O=C(C=Cc1ccc(-c2ccc(F)cc2)s1)NC1CCN2CCCCC12. The van der Waals surface area contributed by atoms with Crippen molar-refractivity contribution >= 4 is 23.3 Å². The van der Waals surface area contributed by atoms with Crippen molar-refractivity contribution in [1.82, 2.24) is 10.2 Å². The van der Waals surface area contributed by atoms with Crippen molar-refractivity contribution < 1.29 is 9.18 Å². The number of fused-ring (bicyclic) bond motifs is 1. The maximum absolute atomic E-state index is 13.0. The largest absolute Gasteiger partial charge is 0.348 e. The molecule has 1 aromatic carbocycles. The normalized spacial score (nSPS) is 23.3. The van der Waals surface area contributed by atoms with Crippen LogP contribution in [0.4, 0.5) is 4.39 Å². The second-order valence-electron chi connectivity index (χ2n) is 7.05. The molecule has 1 amide bonds. The van der Waals surface area contributed by atoms with Crippen LogP contribution in [0.2, 0.25) is 0 Å². The molecule has 2 fully saturated rings. The Morgan fingerprint density at radius 2 is 1.96 bits per heavy atom.